The number of carboxylic acid groups (broad SMARTS) is 1. The Hall–Kier alpha value is -2.30. The Morgan fingerprint density at radius 1 is 1.29 bits per heavy atom. The molecule has 2 N–H and O–H groups in total. The second-order valence-corrected chi connectivity index (χ2v) is 7.56. The summed E-state index contributed by atoms with van der Waals surface area (Å²) in [5.74, 6) is 0.833. The Bertz CT molecular complexity index is 733. The quantitative estimate of drug-likeness (QED) is 0.867. The topological polar surface area (TPSA) is 65.5 Å². The SMILES string of the molecule is CC(C)(C)C1[C@H](Nc2nccc3ccccc23)CCCN1C(=O)O. The fourth-order valence-corrected chi connectivity index (χ4v) is 3.84. The van der Waals surface area contributed by atoms with Crippen LogP contribution >= 0.6 is 0 Å². The fraction of sp³-hybridized carbons (Fsp3) is 0.474. The molecule has 5 heteroatoms. The number of anilines is 1. The summed E-state index contributed by atoms with van der Waals surface area (Å²) in [4.78, 5) is 17.8. The predicted molar refractivity (Wildman–Crippen MR) is 96.4 cm³/mol. The third kappa shape index (κ3) is 3.16. The third-order valence-corrected chi connectivity index (χ3v) is 4.76. The largest absolute Gasteiger partial charge is 0.465 e. The summed E-state index contributed by atoms with van der Waals surface area (Å²) in [6.45, 7) is 6.90. The Balaban J connectivity index is 1.95. The molecule has 0 aliphatic carbocycles. The van der Waals surface area contributed by atoms with Crippen LogP contribution in [0, 0.1) is 5.41 Å². The molecule has 24 heavy (non-hydrogen) atoms. The molecule has 1 aliphatic heterocycles. The number of aromatic nitrogens is 1. The van der Waals surface area contributed by atoms with E-state index in [-0.39, 0.29) is 17.5 Å². The van der Waals surface area contributed by atoms with E-state index in [2.05, 4.69) is 43.2 Å². The van der Waals surface area contributed by atoms with Crippen molar-refractivity contribution in [2.45, 2.75) is 45.7 Å². The van der Waals surface area contributed by atoms with Crippen molar-refractivity contribution < 1.29 is 9.90 Å². The van der Waals surface area contributed by atoms with Crippen LogP contribution in [0.2, 0.25) is 0 Å². The molecule has 1 aromatic heterocycles. The number of amides is 1. The molecule has 1 unspecified atom stereocenters. The zero-order valence-electron chi connectivity index (χ0n) is 14.5. The first-order chi connectivity index (χ1) is 11.4. The van der Waals surface area contributed by atoms with Gasteiger partial charge >= 0.3 is 6.09 Å². The van der Waals surface area contributed by atoms with E-state index in [0.717, 1.165) is 29.4 Å². The Morgan fingerprint density at radius 2 is 2.04 bits per heavy atom. The number of nitrogens with zero attached hydrogens (tertiary/aromatic N) is 2. The first-order valence-corrected chi connectivity index (χ1v) is 8.48. The number of hydrogen-bond donors (Lipinski definition) is 2. The van der Waals surface area contributed by atoms with Crippen LogP contribution in [0.15, 0.2) is 36.5 Å². The number of carbonyl (C=O) groups is 1. The normalized spacial score (nSPS) is 21.7. The number of fused-ring (bicyclic) bond motifs is 1. The maximum Gasteiger partial charge on any atom is 0.407 e. The van der Waals surface area contributed by atoms with Gasteiger partial charge in [0.05, 0.1) is 6.04 Å². The van der Waals surface area contributed by atoms with Crippen molar-refractivity contribution in [1.29, 1.82) is 0 Å². The van der Waals surface area contributed by atoms with Crippen molar-refractivity contribution in [2.75, 3.05) is 11.9 Å². The van der Waals surface area contributed by atoms with Gasteiger partial charge in [-0.2, -0.15) is 0 Å². The number of rotatable bonds is 2. The van der Waals surface area contributed by atoms with Crippen LogP contribution in [0.25, 0.3) is 10.8 Å². The van der Waals surface area contributed by atoms with Gasteiger partial charge in [0, 0.05) is 24.2 Å². The van der Waals surface area contributed by atoms with Gasteiger partial charge in [0.15, 0.2) is 0 Å². The van der Waals surface area contributed by atoms with Crippen molar-refractivity contribution >= 4 is 22.7 Å². The lowest BCUT2D eigenvalue weighted by atomic mass is 9.77. The lowest BCUT2D eigenvalue weighted by Crippen LogP contribution is -2.58. The number of likely N-dealkylation sites (tertiary alicyclic amines) is 1. The van der Waals surface area contributed by atoms with Crippen molar-refractivity contribution in [1.82, 2.24) is 9.88 Å². The molecule has 2 atom stereocenters. The molecule has 0 radical (unpaired) electrons. The highest BCUT2D eigenvalue weighted by Crippen LogP contribution is 2.34. The Kier molecular flexibility index (Phi) is 4.35. The molecule has 5 nitrogen and oxygen atoms in total. The third-order valence-electron chi connectivity index (χ3n) is 4.76. The Labute approximate surface area is 142 Å². The minimum absolute atomic E-state index is 0.0492. The molecule has 0 bridgehead atoms. The molecule has 128 valence electrons. The van der Waals surface area contributed by atoms with E-state index in [0.29, 0.717) is 6.54 Å². The van der Waals surface area contributed by atoms with E-state index in [1.54, 1.807) is 11.1 Å². The molecule has 2 aromatic rings. The van der Waals surface area contributed by atoms with E-state index in [1.807, 2.05) is 18.2 Å². The van der Waals surface area contributed by atoms with Crippen LogP contribution in [0.3, 0.4) is 0 Å². The summed E-state index contributed by atoms with van der Waals surface area (Å²) in [5, 5.41) is 15.4. The minimum atomic E-state index is -0.840. The molecular formula is C19H25N3O2. The zero-order chi connectivity index (χ0) is 17.3. The average molecular weight is 327 g/mol. The van der Waals surface area contributed by atoms with Gasteiger partial charge in [-0.3, -0.25) is 0 Å². The van der Waals surface area contributed by atoms with E-state index >= 15 is 0 Å². The predicted octanol–water partition coefficient (Wildman–Crippen LogP) is 4.20. The summed E-state index contributed by atoms with van der Waals surface area (Å²) >= 11 is 0. The molecular weight excluding hydrogens is 302 g/mol. The van der Waals surface area contributed by atoms with E-state index in [4.69, 9.17) is 0 Å². The van der Waals surface area contributed by atoms with E-state index in [1.165, 1.54) is 0 Å². The maximum absolute atomic E-state index is 11.7. The highest BCUT2D eigenvalue weighted by atomic mass is 16.4. The second kappa shape index (κ2) is 6.30. The highest BCUT2D eigenvalue weighted by Gasteiger charge is 2.41. The van der Waals surface area contributed by atoms with Crippen molar-refractivity contribution in [3.63, 3.8) is 0 Å². The lowest BCUT2D eigenvalue weighted by Gasteiger charge is -2.47. The van der Waals surface area contributed by atoms with Crippen molar-refractivity contribution in [2.24, 2.45) is 5.41 Å². The van der Waals surface area contributed by atoms with Gasteiger partial charge in [0.2, 0.25) is 0 Å². The van der Waals surface area contributed by atoms with Crippen molar-refractivity contribution in [3.05, 3.63) is 36.5 Å². The smallest absolute Gasteiger partial charge is 0.407 e. The summed E-state index contributed by atoms with van der Waals surface area (Å²) < 4.78 is 0. The monoisotopic (exact) mass is 327 g/mol. The zero-order valence-corrected chi connectivity index (χ0v) is 14.5. The minimum Gasteiger partial charge on any atom is -0.465 e. The van der Waals surface area contributed by atoms with Crippen LogP contribution in [-0.4, -0.2) is 39.7 Å². The average Bonchev–Trinajstić information content (AvgIpc) is 2.54. The molecule has 1 fully saturated rings. The van der Waals surface area contributed by atoms with E-state index in [9.17, 15) is 9.90 Å². The van der Waals surface area contributed by atoms with Gasteiger partial charge in [-0.05, 0) is 29.7 Å². The number of hydrogen-bond acceptors (Lipinski definition) is 3. The number of benzene rings is 1. The van der Waals surface area contributed by atoms with Crippen LogP contribution in [0.4, 0.5) is 10.6 Å². The summed E-state index contributed by atoms with van der Waals surface area (Å²) in [6, 6.07) is 10.1. The van der Waals surface area contributed by atoms with Gasteiger partial charge in [0.25, 0.3) is 0 Å². The standard InChI is InChI=1S/C19H25N3O2/c1-19(2,3)16-15(9-6-12-22(16)18(23)24)21-17-14-8-5-4-7-13(14)10-11-20-17/h4-5,7-8,10-11,15-16H,6,9,12H2,1-3H3,(H,20,21)(H,23,24)/t15-,16?/m1/s1. The molecule has 1 saturated heterocycles. The van der Waals surface area contributed by atoms with E-state index < -0.39 is 6.09 Å². The number of nitrogens with one attached hydrogen (secondary N) is 1. The fourth-order valence-electron chi connectivity index (χ4n) is 3.84. The van der Waals surface area contributed by atoms with Gasteiger partial charge in [-0.1, -0.05) is 45.0 Å². The highest BCUT2D eigenvalue weighted by molar-refractivity contribution is 5.91. The summed E-state index contributed by atoms with van der Waals surface area (Å²) in [6.07, 6.45) is 2.76. The van der Waals surface area contributed by atoms with Gasteiger partial charge in [-0.15, -0.1) is 0 Å². The first kappa shape index (κ1) is 16.6. The number of pyridine rings is 1. The molecule has 1 amide bonds. The van der Waals surface area contributed by atoms with Gasteiger partial charge in [0.1, 0.15) is 5.82 Å². The van der Waals surface area contributed by atoms with Crippen LogP contribution < -0.4 is 5.32 Å². The van der Waals surface area contributed by atoms with Crippen molar-refractivity contribution in [3.8, 4) is 0 Å². The first-order valence-electron chi connectivity index (χ1n) is 8.48. The number of piperidine rings is 1. The lowest BCUT2D eigenvalue weighted by molar-refractivity contribution is 0.0519. The summed E-state index contributed by atoms with van der Waals surface area (Å²) in [7, 11) is 0. The molecule has 0 spiro atoms. The van der Waals surface area contributed by atoms with Crippen LogP contribution in [0.5, 0.6) is 0 Å². The maximum atomic E-state index is 11.7. The molecule has 0 saturated carbocycles. The molecule has 2 heterocycles. The molecule has 1 aliphatic rings. The summed E-state index contributed by atoms with van der Waals surface area (Å²) in [5.41, 5.74) is -0.152. The van der Waals surface area contributed by atoms with Crippen LogP contribution in [0.1, 0.15) is 33.6 Å². The van der Waals surface area contributed by atoms with Gasteiger partial charge in [-0.25, -0.2) is 9.78 Å². The second-order valence-electron chi connectivity index (χ2n) is 7.56. The Morgan fingerprint density at radius 3 is 2.75 bits per heavy atom. The van der Waals surface area contributed by atoms with Gasteiger partial charge < -0.3 is 15.3 Å². The molecule has 1 aromatic carbocycles. The van der Waals surface area contributed by atoms with Crippen LogP contribution in [-0.2, 0) is 0 Å². The molecule has 3 rings (SSSR count).